The minimum Gasteiger partial charge on any atom is -0.444 e. The molecule has 2 rings (SSSR count). The van der Waals surface area contributed by atoms with Gasteiger partial charge in [-0.3, -0.25) is 15.4 Å². The van der Waals surface area contributed by atoms with E-state index in [1.165, 1.54) is 0 Å². The number of anilines is 2. The number of rotatable bonds is 5. The van der Waals surface area contributed by atoms with Gasteiger partial charge in [-0.1, -0.05) is 12.1 Å². The lowest BCUT2D eigenvalue weighted by Crippen LogP contribution is -2.27. The fraction of sp³-hybridized carbons (Fsp3) is 0.375. The molecule has 0 radical (unpaired) electrons. The summed E-state index contributed by atoms with van der Waals surface area (Å²) in [6.07, 6.45) is -0.867. The van der Waals surface area contributed by atoms with Crippen molar-refractivity contribution in [2.24, 2.45) is 0 Å². The van der Waals surface area contributed by atoms with E-state index in [2.05, 4.69) is 10.6 Å². The summed E-state index contributed by atoms with van der Waals surface area (Å²) in [5.41, 5.74) is 1.32. The van der Waals surface area contributed by atoms with Crippen LogP contribution in [0.15, 0.2) is 48.5 Å². The average molecular weight is 427 g/mol. The zero-order valence-corrected chi connectivity index (χ0v) is 18.9. The van der Waals surface area contributed by atoms with E-state index in [0.717, 1.165) is 5.56 Å². The van der Waals surface area contributed by atoms with E-state index in [9.17, 15) is 14.4 Å². The molecule has 0 fully saturated rings. The SMILES string of the molecule is CC(C)(C)OC(=O)Nc1ccc(CC(=O)c2ccc(NC(=O)OC(C)(C)C)cc2)cc1. The highest BCUT2D eigenvalue weighted by molar-refractivity contribution is 5.98. The van der Waals surface area contributed by atoms with Gasteiger partial charge in [0.25, 0.3) is 0 Å². The molecule has 2 aromatic rings. The quantitative estimate of drug-likeness (QED) is 0.589. The molecule has 0 spiro atoms. The first-order chi connectivity index (χ1) is 14.3. The molecule has 0 bridgehead atoms. The zero-order valence-electron chi connectivity index (χ0n) is 18.9. The molecule has 0 aliphatic rings. The molecule has 166 valence electrons. The Morgan fingerprint density at radius 2 is 1.06 bits per heavy atom. The number of amides is 2. The van der Waals surface area contributed by atoms with E-state index in [0.29, 0.717) is 16.9 Å². The molecule has 0 saturated heterocycles. The topological polar surface area (TPSA) is 93.7 Å². The van der Waals surface area contributed by atoms with E-state index in [-0.39, 0.29) is 12.2 Å². The fourth-order valence-electron chi connectivity index (χ4n) is 2.58. The predicted octanol–water partition coefficient (Wildman–Crippen LogP) is 5.81. The van der Waals surface area contributed by atoms with Gasteiger partial charge in [0.05, 0.1) is 0 Å². The normalized spacial score (nSPS) is 11.4. The number of hydrogen-bond acceptors (Lipinski definition) is 5. The third-order valence-corrected chi connectivity index (χ3v) is 3.82. The minimum atomic E-state index is -0.585. The first-order valence-corrected chi connectivity index (χ1v) is 10.0. The summed E-state index contributed by atoms with van der Waals surface area (Å²) in [4.78, 5) is 36.2. The van der Waals surface area contributed by atoms with Crippen molar-refractivity contribution in [3.63, 3.8) is 0 Å². The summed E-state index contributed by atoms with van der Waals surface area (Å²) in [7, 11) is 0. The largest absolute Gasteiger partial charge is 0.444 e. The smallest absolute Gasteiger partial charge is 0.412 e. The van der Waals surface area contributed by atoms with Crippen LogP contribution in [0.3, 0.4) is 0 Å². The van der Waals surface area contributed by atoms with Gasteiger partial charge in [0, 0.05) is 23.4 Å². The highest BCUT2D eigenvalue weighted by Crippen LogP contribution is 2.17. The lowest BCUT2D eigenvalue weighted by molar-refractivity contribution is 0.0624. The van der Waals surface area contributed by atoms with Crippen LogP contribution in [-0.2, 0) is 15.9 Å². The summed E-state index contributed by atoms with van der Waals surface area (Å²) < 4.78 is 10.4. The standard InChI is InChI=1S/C24H30N2O5/c1-23(2,3)30-21(28)25-18-11-7-16(8-12-18)15-20(27)17-9-13-19(14-10-17)26-22(29)31-24(4,5)6/h7-14H,15H2,1-6H3,(H,25,28)(H,26,29). The molecule has 7 nitrogen and oxygen atoms in total. The molecule has 0 aromatic heterocycles. The third kappa shape index (κ3) is 8.90. The van der Waals surface area contributed by atoms with Crippen LogP contribution in [-0.4, -0.2) is 29.2 Å². The Hall–Kier alpha value is -3.35. The van der Waals surface area contributed by atoms with Crippen LogP contribution in [0.2, 0.25) is 0 Å². The van der Waals surface area contributed by atoms with Crippen molar-refractivity contribution in [2.45, 2.75) is 59.2 Å². The zero-order chi connectivity index (χ0) is 23.2. The van der Waals surface area contributed by atoms with Gasteiger partial charge in [0.2, 0.25) is 0 Å². The van der Waals surface area contributed by atoms with Crippen molar-refractivity contribution in [3.8, 4) is 0 Å². The Balaban J connectivity index is 1.91. The predicted molar refractivity (Wildman–Crippen MR) is 121 cm³/mol. The molecule has 2 amide bonds. The molecule has 31 heavy (non-hydrogen) atoms. The number of benzene rings is 2. The van der Waals surface area contributed by atoms with Gasteiger partial charge in [-0.25, -0.2) is 9.59 Å². The van der Waals surface area contributed by atoms with Crippen molar-refractivity contribution < 1.29 is 23.9 Å². The highest BCUT2D eigenvalue weighted by Gasteiger charge is 2.17. The van der Waals surface area contributed by atoms with E-state index < -0.39 is 23.4 Å². The Bertz CT molecular complexity index is 920. The lowest BCUT2D eigenvalue weighted by atomic mass is 10.0. The average Bonchev–Trinajstić information content (AvgIpc) is 2.60. The molecule has 0 unspecified atom stereocenters. The van der Waals surface area contributed by atoms with Gasteiger partial charge < -0.3 is 9.47 Å². The first-order valence-electron chi connectivity index (χ1n) is 10.0. The maximum Gasteiger partial charge on any atom is 0.412 e. The summed E-state index contributed by atoms with van der Waals surface area (Å²) in [6.45, 7) is 10.7. The molecule has 0 heterocycles. The number of hydrogen-bond donors (Lipinski definition) is 2. The number of nitrogens with one attached hydrogen (secondary N) is 2. The second-order valence-corrected chi connectivity index (χ2v) is 9.13. The van der Waals surface area contributed by atoms with Crippen molar-refractivity contribution in [1.82, 2.24) is 0 Å². The minimum absolute atomic E-state index is 0.0586. The monoisotopic (exact) mass is 426 g/mol. The molecule has 7 heteroatoms. The second-order valence-electron chi connectivity index (χ2n) is 9.13. The molecular formula is C24H30N2O5. The van der Waals surface area contributed by atoms with Crippen molar-refractivity contribution in [1.29, 1.82) is 0 Å². The van der Waals surface area contributed by atoms with Crippen LogP contribution in [0, 0.1) is 0 Å². The fourth-order valence-corrected chi connectivity index (χ4v) is 2.58. The molecule has 0 aliphatic carbocycles. The van der Waals surface area contributed by atoms with Crippen molar-refractivity contribution in [3.05, 3.63) is 59.7 Å². The maximum absolute atomic E-state index is 12.6. The van der Waals surface area contributed by atoms with E-state index in [4.69, 9.17) is 9.47 Å². The Kier molecular flexibility index (Phi) is 7.44. The summed E-state index contributed by atoms with van der Waals surface area (Å²) >= 11 is 0. The van der Waals surface area contributed by atoms with E-state index in [1.54, 1.807) is 90.1 Å². The molecule has 0 aliphatic heterocycles. The Morgan fingerprint density at radius 3 is 1.45 bits per heavy atom. The number of Topliss-reactive ketones (excluding diaryl/α,β-unsaturated/α-hetero) is 1. The van der Waals surface area contributed by atoms with E-state index >= 15 is 0 Å². The molecule has 2 aromatic carbocycles. The van der Waals surface area contributed by atoms with Crippen molar-refractivity contribution >= 4 is 29.3 Å². The molecule has 0 atom stereocenters. The number of carbonyl (C=O) groups excluding carboxylic acids is 3. The summed E-state index contributed by atoms with van der Waals surface area (Å²) in [5.74, 6) is -0.0586. The van der Waals surface area contributed by atoms with E-state index in [1.807, 2.05) is 0 Å². The first kappa shape index (κ1) is 23.9. The van der Waals surface area contributed by atoms with Gasteiger partial charge in [0.15, 0.2) is 5.78 Å². The highest BCUT2D eigenvalue weighted by atomic mass is 16.6. The van der Waals surface area contributed by atoms with Gasteiger partial charge in [0.1, 0.15) is 11.2 Å². The maximum atomic E-state index is 12.6. The number of ketones is 1. The molecule has 0 saturated carbocycles. The van der Waals surface area contributed by atoms with Crippen molar-refractivity contribution in [2.75, 3.05) is 10.6 Å². The van der Waals surface area contributed by atoms with Crippen LogP contribution in [0.25, 0.3) is 0 Å². The summed E-state index contributed by atoms with van der Waals surface area (Å²) in [5, 5.41) is 5.29. The second kappa shape index (κ2) is 9.64. The molecule has 2 N–H and O–H groups in total. The molecular weight excluding hydrogens is 396 g/mol. The van der Waals surface area contributed by atoms with Gasteiger partial charge in [-0.05, 0) is 83.5 Å². The number of carbonyl (C=O) groups is 3. The Labute approximate surface area is 183 Å². The number of ether oxygens (including phenoxy) is 2. The van der Waals surface area contributed by atoms with Gasteiger partial charge in [-0.15, -0.1) is 0 Å². The van der Waals surface area contributed by atoms with Gasteiger partial charge >= 0.3 is 12.2 Å². The van der Waals surface area contributed by atoms with Gasteiger partial charge in [-0.2, -0.15) is 0 Å². The van der Waals surface area contributed by atoms with Crippen LogP contribution in [0.1, 0.15) is 57.5 Å². The van der Waals surface area contributed by atoms with Crippen LogP contribution in [0.4, 0.5) is 21.0 Å². The van der Waals surface area contributed by atoms with Crippen LogP contribution >= 0.6 is 0 Å². The van der Waals surface area contributed by atoms with Crippen LogP contribution < -0.4 is 10.6 Å². The summed E-state index contributed by atoms with van der Waals surface area (Å²) in [6, 6.07) is 13.6. The lowest BCUT2D eigenvalue weighted by Gasteiger charge is -2.19. The third-order valence-electron chi connectivity index (χ3n) is 3.82. The van der Waals surface area contributed by atoms with Crippen LogP contribution in [0.5, 0.6) is 0 Å². The Morgan fingerprint density at radius 1 is 0.677 bits per heavy atom.